The highest BCUT2D eigenvalue weighted by Gasteiger charge is 2.21. The summed E-state index contributed by atoms with van der Waals surface area (Å²) in [6.45, 7) is 2.24. The average molecular weight is 316 g/mol. The van der Waals surface area contributed by atoms with Gasteiger partial charge in [0.1, 0.15) is 0 Å². The van der Waals surface area contributed by atoms with Crippen LogP contribution in [0.1, 0.15) is 17.3 Å². The van der Waals surface area contributed by atoms with Gasteiger partial charge in [0, 0.05) is 33.4 Å². The number of benzene rings is 1. The molecule has 0 saturated heterocycles. The van der Waals surface area contributed by atoms with Crippen molar-refractivity contribution in [3.05, 3.63) is 23.8 Å². The second-order valence-corrected chi connectivity index (χ2v) is 6.88. The van der Waals surface area contributed by atoms with Crippen molar-refractivity contribution in [3.63, 3.8) is 0 Å². The SMILES string of the molecule is COC(C)CNc1ccc(S(=O)(=O)N(C)C)cc1C(=O)O. The lowest BCUT2D eigenvalue weighted by atomic mass is 10.1. The molecule has 0 bridgehead atoms. The van der Waals surface area contributed by atoms with Gasteiger partial charge in [-0.05, 0) is 25.1 Å². The Labute approximate surface area is 124 Å². The molecule has 1 atom stereocenters. The lowest BCUT2D eigenvalue weighted by Gasteiger charge is -2.16. The summed E-state index contributed by atoms with van der Waals surface area (Å²) in [5, 5.41) is 12.2. The quantitative estimate of drug-likeness (QED) is 0.781. The van der Waals surface area contributed by atoms with E-state index in [-0.39, 0.29) is 16.6 Å². The molecule has 0 amide bonds. The van der Waals surface area contributed by atoms with Crippen molar-refractivity contribution in [2.24, 2.45) is 0 Å². The molecule has 8 heteroatoms. The minimum absolute atomic E-state index is 0.0600. The summed E-state index contributed by atoms with van der Waals surface area (Å²) in [6.07, 6.45) is -0.100. The number of hydrogen-bond donors (Lipinski definition) is 2. The minimum Gasteiger partial charge on any atom is -0.478 e. The molecule has 0 aliphatic carbocycles. The molecule has 2 N–H and O–H groups in total. The summed E-state index contributed by atoms with van der Waals surface area (Å²) in [6, 6.07) is 3.97. The van der Waals surface area contributed by atoms with Gasteiger partial charge in [-0.3, -0.25) is 0 Å². The van der Waals surface area contributed by atoms with Crippen LogP contribution in [0, 0.1) is 0 Å². The Kier molecular flexibility index (Phi) is 5.70. The number of carbonyl (C=O) groups is 1. The van der Waals surface area contributed by atoms with E-state index in [0.717, 1.165) is 10.4 Å². The molecular weight excluding hydrogens is 296 g/mol. The van der Waals surface area contributed by atoms with Crippen molar-refractivity contribution in [3.8, 4) is 0 Å². The Morgan fingerprint density at radius 3 is 2.52 bits per heavy atom. The number of nitrogens with one attached hydrogen (secondary N) is 1. The van der Waals surface area contributed by atoms with Crippen LogP contribution in [0.3, 0.4) is 0 Å². The number of nitrogens with zero attached hydrogens (tertiary/aromatic N) is 1. The van der Waals surface area contributed by atoms with Crippen LogP contribution >= 0.6 is 0 Å². The standard InChI is InChI=1S/C13H20N2O5S/c1-9(20-4)8-14-12-6-5-10(7-11(12)13(16)17)21(18,19)15(2)3/h5-7,9,14H,8H2,1-4H3,(H,16,17). The van der Waals surface area contributed by atoms with Gasteiger partial charge < -0.3 is 15.2 Å². The average Bonchev–Trinajstić information content (AvgIpc) is 2.43. The minimum atomic E-state index is -3.67. The van der Waals surface area contributed by atoms with E-state index in [1.807, 2.05) is 6.92 Å². The van der Waals surface area contributed by atoms with Crippen molar-refractivity contribution >= 4 is 21.7 Å². The Morgan fingerprint density at radius 2 is 2.05 bits per heavy atom. The van der Waals surface area contributed by atoms with Crippen LogP contribution in [0.2, 0.25) is 0 Å². The summed E-state index contributed by atoms with van der Waals surface area (Å²) >= 11 is 0. The van der Waals surface area contributed by atoms with E-state index in [0.29, 0.717) is 12.2 Å². The van der Waals surface area contributed by atoms with Gasteiger partial charge in [-0.2, -0.15) is 0 Å². The van der Waals surface area contributed by atoms with Gasteiger partial charge in [-0.1, -0.05) is 0 Å². The monoisotopic (exact) mass is 316 g/mol. The van der Waals surface area contributed by atoms with E-state index >= 15 is 0 Å². The van der Waals surface area contributed by atoms with Gasteiger partial charge in [-0.15, -0.1) is 0 Å². The number of aromatic carboxylic acids is 1. The maximum absolute atomic E-state index is 12.0. The summed E-state index contributed by atoms with van der Waals surface area (Å²) < 4.78 is 30.2. The highest BCUT2D eigenvalue weighted by atomic mass is 32.2. The maximum atomic E-state index is 12.0. The first kappa shape index (κ1) is 17.4. The molecule has 0 fully saturated rings. The first-order chi connectivity index (χ1) is 9.70. The number of hydrogen-bond acceptors (Lipinski definition) is 5. The van der Waals surface area contributed by atoms with Crippen LogP contribution in [0.15, 0.2) is 23.1 Å². The number of rotatable bonds is 7. The Morgan fingerprint density at radius 1 is 1.43 bits per heavy atom. The van der Waals surface area contributed by atoms with E-state index in [9.17, 15) is 18.3 Å². The number of anilines is 1. The molecule has 1 rings (SSSR count). The van der Waals surface area contributed by atoms with E-state index in [2.05, 4.69) is 5.32 Å². The Hall–Kier alpha value is -1.64. The van der Waals surface area contributed by atoms with Crippen molar-refractivity contribution in [2.75, 3.05) is 33.1 Å². The molecule has 1 aromatic rings. The molecule has 7 nitrogen and oxygen atoms in total. The van der Waals surface area contributed by atoms with Crippen LogP contribution in [0.5, 0.6) is 0 Å². The summed E-state index contributed by atoms with van der Waals surface area (Å²) in [4.78, 5) is 11.2. The smallest absolute Gasteiger partial charge is 0.337 e. The molecule has 1 unspecified atom stereocenters. The second kappa shape index (κ2) is 6.88. The van der Waals surface area contributed by atoms with E-state index in [1.54, 1.807) is 7.11 Å². The zero-order valence-corrected chi connectivity index (χ0v) is 13.3. The Bertz CT molecular complexity index is 613. The van der Waals surface area contributed by atoms with E-state index < -0.39 is 16.0 Å². The third-order valence-corrected chi connectivity index (χ3v) is 4.79. The fourth-order valence-corrected chi connectivity index (χ4v) is 2.49. The second-order valence-electron chi connectivity index (χ2n) is 4.73. The van der Waals surface area contributed by atoms with Gasteiger partial charge in [0.25, 0.3) is 0 Å². The molecule has 0 spiro atoms. The van der Waals surface area contributed by atoms with Gasteiger partial charge in [0.05, 0.1) is 16.6 Å². The number of methoxy groups -OCH3 is 1. The van der Waals surface area contributed by atoms with Gasteiger partial charge in [0.2, 0.25) is 10.0 Å². The largest absolute Gasteiger partial charge is 0.478 e. The van der Waals surface area contributed by atoms with Crippen molar-refractivity contribution in [1.29, 1.82) is 0 Å². The molecule has 0 saturated carbocycles. The van der Waals surface area contributed by atoms with Crippen LogP contribution in [0.4, 0.5) is 5.69 Å². The molecule has 21 heavy (non-hydrogen) atoms. The predicted octanol–water partition coefficient (Wildman–Crippen LogP) is 1.08. The zero-order chi connectivity index (χ0) is 16.2. The lowest BCUT2D eigenvalue weighted by Crippen LogP contribution is -2.23. The highest BCUT2D eigenvalue weighted by molar-refractivity contribution is 7.89. The molecule has 1 aromatic carbocycles. The van der Waals surface area contributed by atoms with E-state index in [1.165, 1.54) is 26.2 Å². The summed E-state index contributed by atoms with van der Waals surface area (Å²) in [5.74, 6) is -1.20. The topological polar surface area (TPSA) is 95.9 Å². The predicted molar refractivity (Wildman–Crippen MR) is 79.2 cm³/mol. The first-order valence-corrected chi connectivity index (χ1v) is 7.70. The van der Waals surface area contributed by atoms with E-state index in [4.69, 9.17) is 4.74 Å². The van der Waals surface area contributed by atoms with Crippen molar-refractivity contribution < 1.29 is 23.1 Å². The van der Waals surface area contributed by atoms with Crippen LogP contribution in [0.25, 0.3) is 0 Å². The fraction of sp³-hybridized carbons (Fsp3) is 0.462. The zero-order valence-electron chi connectivity index (χ0n) is 12.5. The highest BCUT2D eigenvalue weighted by Crippen LogP contribution is 2.22. The molecule has 0 heterocycles. The van der Waals surface area contributed by atoms with Crippen LogP contribution < -0.4 is 5.32 Å². The van der Waals surface area contributed by atoms with Gasteiger partial charge >= 0.3 is 5.97 Å². The number of carboxylic acid groups (broad SMARTS) is 1. The Balaban J connectivity index is 3.17. The number of ether oxygens (including phenoxy) is 1. The molecule has 118 valence electrons. The molecule has 0 aliphatic rings. The molecular formula is C13H20N2O5S. The number of carboxylic acids is 1. The van der Waals surface area contributed by atoms with Crippen LogP contribution in [-0.4, -0.2) is 57.7 Å². The lowest BCUT2D eigenvalue weighted by molar-refractivity contribution is 0.0697. The third kappa shape index (κ3) is 4.16. The van der Waals surface area contributed by atoms with Crippen molar-refractivity contribution in [1.82, 2.24) is 4.31 Å². The molecule has 0 aromatic heterocycles. The van der Waals surface area contributed by atoms with Gasteiger partial charge in [0.15, 0.2) is 0 Å². The summed E-state index contributed by atoms with van der Waals surface area (Å²) in [7, 11) is 0.667. The number of sulfonamides is 1. The summed E-state index contributed by atoms with van der Waals surface area (Å²) in [5.41, 5.74) is 0.255. The third-order valence-electron chi connectivity index (χ3n) is 2.98. The molecule has 0 aliphatic heterocycles. The van der Waals surface area contributed by atoms with Gasteiger partial charge in [-0.25, -0.2) is 17.5 Å². The first-order valence-electron chi connectivity index (χ1n) is 6.26. The van der Waals surface area contributed by atoms with Crippen molar-refractivity contribution in [2.45, 2.75) is 17.9 Å². The van der Waals surface area contributed by atoms with Crippen LogP contribution in [-0.2, 0) is 14.8 Å². The normalized spacial score (nSPS) is 13.2. The molecule has 0 radical (unpaired) electrons. The maximum Gasteiger partial charge on any atom is 0.337 e. The fourth-order valence-electron chi connectivity index (χ4n) is 1.56.